The van der Waals surface area contributed by atoms with Crippen molar-refractivity contribution in [2.45, 2.75) is 45.4 Å². The Balaban J connectivity index is 1.62. The van der Waals surface area contributed by atoms with Gasteiger partial charge in [-0.05, 0) is 74.2 Å². The van der Waals surface area contributed by atoms with Crippen molar-refractivity contribution in [3.8, 4) is 5.75 Å². The highest BCUT2D eigenvalue weighted by Gasteiger charge is 2.20. The molecule has 0 atom stereocenters. The number of benzene rings is 3. The van der Waals surface area contributed by atoms with E-state index in [9.17, 15) is 13.2 Å². The zero-order valence-electron chi connectivity index (χ0n) is 20.1. The first-order valence-electron chi connectivity index (χ1n) is 11.4. The molecule has 0 aliphatic rings. The number of rotatable bonds is 10. The van der Waals surface area contributed by atoms with Crippen LogP contribution in [0.4, 0.5) is 5.69 Å². The molecule has 0 spiro atoms. The fourth-order valence-corrected chi connectivity index (χ4v) is 5.04. The van der Waals surface area contributed by atoms with Crippen molar-refractivity contribution in [3.63, 3.8) is 0 Å². The molecule has 0 aliphatic carbocycles. The predicted octanol–water partition coefficient (Wildman–Crippen LogP) is 5.17. The molecule has 3 rings (SSSR count). The van der Waals surface area contributed by atoms with Gasteiger partial charge in [0.2, 0.25) is 0 Å². The molecular weight excluding hydrogens is 448 g/mol. The highest BCUT2D eigenvalue weighted by atomic mass is 32.2. The highest BCUT2D eigenvalue weighted by Crippen LogP contribution is 2.23. The average Bonchev–Trinajstić information content (AvgIpc) is 2.80. The lowest BCUT2D eigenvalue weighted by molar-refractivity contribution is 0.0946. The fraction of sp³-hybridized carbons (Fsp3) is 0.296. The van der Waals surface area contributed by atoms with Crippen LogP contribution in [-0.4, -0.2) is 27.5 Å². The third-order valence-corrected chi connectivity index (χ3v) is 6.99. The fourth-order valence-electron chi connectivity index (χ4n) is 3.64. The summed E-state index contributed by atoms with van der Waals surface area (Å²) >= 11 is 0. The Morgan fingerprint density at radius 1 is 0.912 bits per heavy atom. The first-order valence-corrected chi connectivity index (χ1v) is 12.9. The van der Waals surface area contributed by atoms with Crippen LogP contribution < -0.4 is 14.8 Å². The Labute approximate surface area is 202 Å². The molecule has 0 saturated carbocycles. The Bertz CT molecular complexity index is 1250. The van der Waals surface area contributed by atoms with Gasteiger partial charge < -0.3 is 10.1 Å². The smallest absolute Gasteiger partial charge is 0.262 e. The van der Waals surface area contributed by atoms with Crippen molar-refractivity contribution < 1.29 is 17.9 Å². The number of sulfonamides is 1. The second-order valence-corrected chi connectivity index (χ2v) is 10.1. The van der Waals surface area contributed by atoms with Gasteiger partial charge in [0.15, 0.2) is 0 Å². The van der Waals surface area contributed by atoms with Gasteiger partial charge >= 0.3 is 0 Å². The van der Waals surface area contributed by atoms with Crippen molar-refractivity contribution in [1.82, 2.24) is 5.32 Å². The lowest BCUT2D eigenvalue weighted by Gasteiger charge is -2.14. The molecule has 0 radical (unpaired) electrons. The van der Waals surface area contributed by atoms with E-state index in [-0.39, 0.29) is 16.4 Å². The molecule has 0 bridgehead atoms. The lowest BCUT2D eigenvalue weighted by atomic mass is 10.1. The monoisotopic (exact) mass is 480 g/mol. The van der Waals surface area contributed by atoms with Crippen LogP contribution in [0.25, 0.3) is 0 Å². The number of amides is 1. The van der Waals surface area contributed by atoms with E-state index in [4.69, 9.17) is 4.74 Å². The van der Waals surface area contributed by atoms with E-state index in [1.165, 1.54) is 11.6 Å². The molecule has 0 aromatic heterocycles. The van der Waals surface area contributed by atoms with Crippen LogP contribution in [0.15, 0.2) is 65.6 Å². The number of nitrogens with one attached hydrogen (secondary N) is 2. The SMILES string of the molecule is CCCc1ccc(OCCNC(=O)c2ccc(C)c(S(=O)(=O)Nc3ccc(C)cc3C)c2)cc1. The van der Waals surface area contributed by atoms with Gasteiger partial charge in [0.1, 0.15) is 12.4 Å². The summed E-state index contributed by atoms with van der Waals surface area (Å²) in [5, 5.41) is 2.78. The Morgan fingerprint density at radius 3 is 2.32 bits per heavy atom. The second-order valence-electron chi connectivity index (χ2n) is 8.40. The number of ether oxygens (including phenoxy) is 1. The molecule has 7 heteroatoms. The van der Waals surface area contributed by atoms with Crippen molar-refractivity contribution in [2.75, 3.05) is 17.9 Å². The number of hydrogen-bond donors (Lipinski definition) is 2. The number of hydrogen-bond acceptors (Lipinski definition) is 4. The minimum atomic E-state index is -3.86. The van der Waals surface area contributed by atoms with Crippen LogP contribution in [-0.2, 0) is 16.4 Å². The minimum Gasteiger partial charge on any atom is -0.492 e. The Kier molecular flexibility index (Phi) is 8.34. The van der Waals surface area contributed by atoms with Crippen molar-refractivity contribution in [3.05, 3.63) is 88.5 Å². The highest BCUT2D eigenvalue weighted by molar-refractivity contribution is 7.92. The number of anilines is 1. The van der Waals surface area contributed by atoms with Crippen LogP contribution >= 0.6 is 0 Å². The molecule has 34 heavy (non-hydrogen) atoms. The molecule has 0 fully saturated rings. The van der Waals surface area contributed by atoms with E-state index >= 15 is 0 Å². The van der Waals surface area contributed by atoms with E-state index in [1.54, 1.807) is 25.1 Å². The number of carbonyl (C=O) groups excluding carboxylic acids is 1. The summed E-state index contributed by atoms with van der Waals surface area (Å²) in [4.78, 5) is 12.7. The van der Waals surface area contributed by atoms with Gasteiger partial charge in [0, 0.05) is 5.56 Å². The second kappa shape index (κ2) is 11.2. The van der Waals surface area contributed by atoms with Gasteiger partial charge in [-0.3, -0.25) is 9.52 Å². The molecule has 3 aromatic rings. The molecule has 0 heterocycles. The molecule has 3 aromatic carbocycles. The van der Waals surface area contributed by atoms with Crippen molar-refractivity contribution in [2.24, 2.45) is 0 Å². The lowest BCUT2D eigenvalue weighted by Crippen LogP contribution is -2.28. The normalized spacial score (nSPS) is 11.2. The van der Waals surface area contributed by atoms with Gasteiger partial charge in [-0.1, -0.05) is 49.2 Å². The van der Waals surface area contributed by atoms with Crippen molar-refractivity contribution >= 4 is 21.6 Å². The van der Waals surface area contributed by atoms with Gasteiger partial charge in [0.05, 0.1) is 17.1 Å². The summed E-state index contributed by atoms with van der Waals surface area (Å²) in [6.45, 7) is 8.25. The third kappa shape index (κ3) is 6.60. The van der Waals surface area contributed by atoms with E-state index in [0.717, 1.165) is 29.7 Å². The van der Waals surface area contributed by atoms with Crippen LogP contribution in [0.5, 0.6) is 5.75 Å². The molecule has 1 amide bonds. The minimum absolute atomic E-state index is 0.0727. The van der Waals surface area contributed by atoms with E-state index in [1.807, 2.05) is 50.2 Å². The van der Waals surface area contributed by atoms with E-state index in [2.05, 4.69) is 17.0 Å². The van der Waals surface area contributed by atoms with Gasteiger partial charge in [0.25, 0.3) is 15.9 Å². The summed E-state index contributed by atoms with van der Waals surface area (Å²) in [6.07, 6.45) is 2.13. The summed E-state index contributed by atoms with van der Waals surface area (Å²) in [7, 11) is -3.86. The zero-order chi connectivity index (χ0) is 24.7. The van der Waals surface area contributed by atoms with E-state index < -0.39 is 10.0 Å². The van der Waals surface area contributed by atoms with Crippen LogP contribution in [0, 0.1) is 20.8 Å². The summed E-state index contributed by atoms with van der Waals surface area (Å²) in [5.41, 5.74) is 4.49. The quantitative estimate of drug-likeness (QED) is 0.392. The van der Waals surface area contributed by atoms with Gasteiger partial charge in [-0.15, -0.1) is 0 Å². The maximum atomic E-state index is 13.1. The maximum absolute atomic E-state index is 13.1. The summed E-state index contributed by atoms with van der Waals surface area (Å²) < 4.78 is 34.4. The average molecular weight is 481 g/mol. The largest absolute Gasteiger partial charge is 0.492 e. The first-order chi connectivity index (χ1) is 16.2. The number of aryl methyl sites for hydroxylation is 4. The standard InChI is InChI=1S/C27H32N2O4S/c1-5-6-22-9-12-24(13-10-22)33-16-15-28-27(30)23-11-8-20(3)26(18-23)34(31,32)29-25-14-7-19(2)17-21(25)4/h7-14,17-18,29H,5-6,15-16H2,1-4H3,(H,28,30). The van der Waals surface area contributed by atoms with Crippen molar-refractivity contribution in [1.29, 1.82) is 0 Å². The van der Waals surface area contributed by atoms with E-state index in [0.29, 0.717) is 24.4 Å². The third-order valence-electron chi connectivity index (χ3n) is 5.48. The topological polar surface area (TPSA) is 84.5 Å². The molecule has 0 saturated heterocycles. The van der Waals surface area contributed by atoms with Gasteiger partial charge in [-0.2, -0.15) is 0 Å². The summed E-state index contributed by atoms with van der Waals surface area (Å²) in [6, 6.07) is 18.1. The number of carbonyl (C=O) groups is 1. The molecule has 180 valence electrons. The zero-order valence-corrected chi connectivity index (χ0v) is 21.0. The van der Waals surface area contributed by atoms with Crippen LogP contribution in [0.3, 0.4) is 0 Å². The molecule has 6 nitrogen and oxygen atoms in total. The maximum Gasteiger partial charge on any atom is 0.262 e. The Morgan fingerprint density at radius 2 is 1.65 bits per heavy atom. The van der Waals surface area contributed by atoms with Crippen LogP contribution in [0.1, 0.15) is 46.0 Å². The Hall–Kier alpha value is -3.32. The first kappa shape index (κ1) is 25.3. The van der Waals surface area contributed by atoms with Crippen LogP contribution in [0.2, 0.25) is 0 Å². The molecule has 0 unspecified atom stereocenters. The predicted molar refractivity (Wildman–Crippen MR) is 136 cm³/mol. The molecular formula is C27H32N2O4S. The summed E-state index contributed by atoms with van der Waals surface area (Å²) in [5.74, 6) is 0.389. The molecule has 0 aliphatic heterocycles. The molecule has 2 N–H and O–H groups in total. The van der Waals surface area contributed by atoms with Gasteiger partial charge in [-0.25, -0.2) is 8.42 Å².